The van der Waals surface area contributed by atoms with Crippen LogP contribution in [-0.4, -0.2) is 17.4 Å². The second-order valence-corrected chi connectivity index (χ2v) is 7.13. The Kier molecular flexibility index (Phi) is 4.79. The summed E-state index contributed by atoms with van der Waals surface area (Å²) in [4.78, 5) is 15.1. The molecule has 2 aromatic rings. The van der Waals surface area contributed by atoms with E-state index in [0.717, 1.165) is 55.5 Å². The number of allylic oxidation sites excluding steroid dienone is 4. The van der Waals surface area contributed by atoms with Gasteiger partial charge in [0, 0.05) is 25.1 Å². The van der Waals surface area contributed by atoms with Crippen molar-refractivity contribution in [3.8, 4) is 11.1 Å². The van der Waals surface area contributed by atoms with Crippen molar-refractivity contribution in [2.45, 2.75) is 45.6 Å². The molecule has 1 aliphatic heterocycles. The van der Waals surface area contributed by atoms with Crippen LogP contribution in [0.2, 0.25) is 0 Å². The molecule has 1 amide bonds. The van der Waals surface area contributed by atoms with Gasteiger partial charge in [0.15, 0.2) is 5.76 Å². The lowest BCUT2D eigenvalue weighted by atomic mass is 9.99. The molecule has 0 N–H and O–H groups in total. The smallest absolute Gasteiger partial charge is 0.290 e. The number of fused-ring (bicyclic) bond motifs is 3. The highest BCUT2D eigenvalue weighted by Gasteiger charge is 2.29. The van der Waals surface area contributed by atoms with E-state index in [1.54, 1.807) is 0 Å². The zero-order valence-corrected chi connectivity index (χ0v) is 15.3. The first-order valence-corrected chi connectivity index (χ1v) is 9.62. The topological polar surface area (TPSA) is 33.5 Å². The largest absolute Gasteiger partial charge is 0.455 e. The van der Waals surface area contributed by atoms with Crippen LogP contribution in [0.4, 0.5) is 0 Å². The normalized spacial score (nSPS) is 16.1. The molecule has 0 radical (unpaired) electrons. The fourth-order valence-corrected chi connectivity index (χ4v) is 3.76. The predicted octanol–water partition coefficient (Wildman–Crippen LogP) is 5.52. The zero-order valence-electron chi connectivity index (χ0n) is 15.3. The first kappa shape index (κ1) is 16.9. The summed E-state index contributed by atoms with van der Waals surface area (Å²) >= 11 is 0. The van der Waals surface area contributed by atoms with Crippen molar-refractivity contribution < 1.29 is 9.21 Å². The van der Waals surface area contributed by atoms with Crippen molar-refractivity contribution in [3.05, 3.63) is 71.2 Å². The van der Waals surface area contributed by atoms with Crippen LogP contribution in [0, 0.1) is 0 Å². The lowest BCUT2D eigenvalue weighted by Crippen LogP contribution is -2.30. The number of hydrogen-bond acceptors (Lipinski definition) is 2. The quantitative estimate of drug-likeness (QED) is 0.713. The van der Waals surface area contributed by atoms with Gasteiger partial charge in [-0.05, 0) is 42.0 Å². The standard InChI is InChI=1S/C23H25NO2/c1-2-3-13-24-16-18-11-7-8-12-20(18)21-15-19(26-22(21)23(24)25)14-17-9-5-4-6-10-17/h5,7-12,15H,2-4,6,13-14,16H2,1H3. The molecule has 4 rings (SSSR count). The molecule has 2 aliphatic rings. The van der Waals surface area contributed by atoms with Crippen LogP contribution < -0.4 is 0 Å². The molecule has 0 bridgehead atoms. The second kappa shape index (κ2) is 7.36. The van der Waals surface area contributed by atoms with Crippen LogP contribution in [0.25, 0.3) is 11.1 Å². The summed E-state index contributed by atoms with van der Waals surface area (Å²) in [5, 5.41) is 0. The fraction of sp³-hybridized carbons (Fsp3) is 0.348. The van der Waals surface area contributed by atoms with Gasteiger partial charge in [0.05, 0.1) is 0 Å². The maximum absolute atomic E-state index is 13.1. The Balaban J connectivity index is 1.72. The molecule has 1 aliphatic carbocycles. The van der Waals surface area contributed by atoms with Crippen LogP contribution in [0.1, 0.15) is 54.5 Å². The van der Waals surface area contributed by atoms with Gasteiger partial charge >= 0.3 is 0 Å². The molecule has 1 aromatic heterocycles. The SMILES string of the molecule is CCCCN1Cc2ccccc2-c2cc(CC3=CCCC=C3)oc2C1=O. The molecule has 0 saturated heterocycles. The molecule has 1 aromatic carbocycles. The lowest BCUT2D eigenvalue weighted by molar-refractivity contribution is 0.0711. The summed E-state index contributed by atoms with van der Waals surface area (Å²) in [7, 11) is 0. The molecule has 0 saturated carbocycles. The monoisotopic (exact) mass is 347 g/mol. The first-order chi connectivity index (χ1) is 12.8. The number of furan rings is 1. The summed E-state index contributed by atoms with van der Waals surface area (Å²) in [6, 6.07) is 10.4. The van der Waals surface area contributed by atoms with Crippen molar-refractivity contribution in [1.82, 2.24) is 4.90 Å². The number of carbonyl (C=O) groups is 1. The molecule has 0 unspecified atom stereocenters. The van der Waals surface area contributed by atoms with Crippen molar-refractivity contribution >= 4 is 5.91 Å². The van der Waals surface area contributed by atoms with E-state index in [-0.39, 0.29) is 5.91 Å². The molecule has 0 atom stereocenters. The van der Waals surface area contributed by atoms with Gasteiger partial charge in [0.1, 0.15) is 5.76 Å². The Morgan fingerprint density at radius 1 is 1.15 bits per heavy atom. The predicted molar refractivity (Wildman–Crippen MR) is 104 cm³/mol. The zero-order chi connectivity index (χ0) is 17.9. The van der Waals surface area contributed by atoms with Gasteiger partial charge in [0.2, 0.25) is 0 Å². The van der Waals surface area contributed by atoms with Crippen molar-refractivity contribution in [3.63, 3.8) is 0 Å². The summed E-state index contributed by atoms with van der Waals surface area (Å²) in [5.74, 6) is 1.39. The third kappa shape index (κ3) is 3.26. The maximum atomic E-state index is 13.1. The van der Waals surface area contributed by atoms with E-state index < -0.39 is 0 Å². The lowest BCUT2D eigenvalue weighted by Gasteiger charge is -2.20. The number of amides is 1. The summed E-state index contributed by atoms with van der Waals surface area (Å²) < 4.78 is 6.10. The van der Waals surface area contributed by atoms with Crippen molar-refractivity contribution in [2.75, 3.05) is 6.54 Å². The Bertz CT molecular complexity index is 872. The molecule has 26 heavy (non-hydrogen) atoms. The minimum absolute atomic E-state index is 0.0177. The van der Waals surface area contributed by atoms with E-state index in [0.29, 0.717) is 12.3 Å². The highest BCUT2D eigenvalue weighted by molar-refractivity contribution is 6.00. The van der Waals surface area contributed by atoms with Crippen molar-refractivity contribution in [1.29, 1.82) is 0 Å². The van der Waals surface area contributed by atoms with E-state index in [4.69, 9.17) is 4.42 Å². The van der Waals surface area contributed by atoms with Crippen molar-refractivity contribution in [2.24, 2.45) is 0 Å². The number of carbonyl (C=O) groups excluding carboxylic acids is 1. The first-order valence-electron chi connectivity index (χ1n) is 9.62. The maximum Gasteiger partial charge on any atom is 0.290 e. The number of nitrogens with zero attached hydrogens (tertiary/aromatic N) is 1. The Hall–Kier alpha value is -2.55. The van der Waals surface area contributed by atoms with Gasteiger partial charge < -0.3 is 9.32 Å². The number of benzene rings is 1. The third-order valence-corrected chi connectivity index (χ3v) is 5.17. The average molecular weight is 347 g/mol. The molecule has 3 nitrogen and oxygen atoms in total. The molecule has 0 fully saturated rings. The van der Waals surface area contributed by atoms with E-state index in [2.05, 4.69) is 43.4 Å². The van der Waals surface area contributed by atoms with E-state index in [1.807, 2.05) is 17.0 Å². The molecule has 3 heteroatoms. The van der Waals surface area contributed by atoms with Gasteiger partial charge in [0.25, 0.3) is 5.91 Å². The minimum Gasteiger partial charge on any atom is -0.455 e. The Morgan fingerprint density at radius 2 is 2.04 bits per heavy atom. The minimum atomic E-state index is 0.0177. The molecule has 134 valence electrons. The number of rotatable bonds is 5. The van der Waals surface area contributed by atoms with Gasteiger partial charge in [-0.1, -0.05) is 55.8 Å². The Labute approximate surface area is 155 Å². The van der Waals surface area contributed by atoms with Gasteiger partial charge in [-0.2, -0.15) is 0 Å². The van der Waals surface area contributed by atoms with Crippen LogP contribution in [0.3, 0.4) is 0 Å². The van der Waals surface area contributed by atoms with E-state index in [1.165, 1.54) is 11.1 Å². The molecular weight excluding hydrogens is 322 g/mol. The molecular formula is C23H25NO2. The van der Waals surface area contributed by atoms with Crippen LogP contribution in [0.5, 0.6) is 0 Å². The van der Waals surface area contributed by atoms with E-state index in [9.17, 15) is 4.79 Å². The third-order valence-electron chi connectivity index (χ3n) is 5.17. The van der Waals surface area contributed by atoms with Crippen LogP contribution >= 0.6 is 0 Å². The average Bonchev–Trinajstić information content (AvgIpc) is 3.05. The fourth-order valence-electron chi connectivity index (χ4n) is 3.76. The number of unbranched alkanes of at least 4 members (excludes halogenated alkanes) is 1. The molecule has 2 heterocycles. The summed E-state index contributed by atoms with van der Waals surface area (Å²) in [6.07, 6.45) is 11.6. The summed E-state index contributed by atoms with van der Waals surface area (Å²) in [5.41, 5.74) is 4.53. The van der Waals surface area contributed by atoms with E-state index >= 15 is 0 Å². The number of hydrogen-bond donors (Lipinski definition) is 0. The van der Waals surface area contributed by atoms with Gasteiger partial charge in [-0.15, -0.1) is 0 Å². The van der Waals surface area contributed by atoms with Gasteiger partial charge in [-0.25, -0.2) is 0 Å². The molecule has 0 spiro atoms. The van der Waals surface area contributed by atoms with Gasteiger partial charge in [-0.3, -0.25) is 4.79 Å². The highest BCUT2D eigenvalue weighted by atomic mass is 16.4. The van der Waals surface area contributed by atoms with Crippen LogP contribution in [-0.2, 0) is 13.0 Å². The second-order valence-electron chi connectivity index (χ2n) is 7.13. The van der Waals surface area contributed by atoms with Crippen LogP contribution in [0.15, 0.2) is 58.6 Å². The summed E-state index contributed by atoms with van der Waals surface area (Å²) in [6.45, 7) is 3.58. The highest BCUT2D eigenvalue weighted by Crippen LogP contribution is 2.35. The Morgan fingerprint density at radius 3 is 2.85 bits per heavy atom.